The number of hydrogen-bond donors (Lipinski definition) is 1. The van der Waals surface area contributed by atoms with E-state index in [4.69, 9.17) is 9.47 Å². The number of benzene rings is 2. The highest BCUT2D eigenvalue weighted by Gasteiger charge is 2.19. The molecule has 0 radical (unpaired) electrons. The zero-order valence-corrected chi connectivity index (χ0v) is 16.4. The van der Waals surface area contributed by atoms with E-state index in [1.54, 1.807) is 38.5 Å². The topological polar surface area (TPSA) is 67.9 Å². The number of carbonyl (C=O) groups is 2. The molecule has 2 aromatic rings. The molecule has 0 unspecified atom stereocenters. The van der Waals surface area contributed by atoms with Gasteiger partial charge in [-0.2, -0.15) is 0 Å². The summed E-state index contributed by atoms with van der Waals surface area (Å²) in [7, 11) is 3.21. The average Bonchev–Trinajstić information content (AvgIpc) is 3.26. The summed E-state index contributed by atoms with van der Waals surface area (Å²) in [4.78, 5) is 26.8. The minimum absolute atomic E-state index is 0.0229. The molecule has 0 aliphatic carbocycles. The molecule has 0 saturated carbocycles. The Morgan fingerprint density at radius 3 is 2.54 bits per heavy atom. The predicted molar refractivity (Wildman–Crippen MR) is 108 cm³/mol. The zero-order chi connectivity index (χ0) is 19.9. The lowest BCUT2D eigenvalue weighted by molar-refractivity contribution is -0.116. The summed E-state index contributed by atoms with van der Waals surface area (Å²) in [5, 5.41) is 2.88. The Kier molecular flexibility index (Phi) is 6.53. The molecule has 1 heterocycles. The third kappa shape index (κ3) is 4.82. The Bertz CT molecular complexity index is 844. The van der Waals surface area contributed by atoms with E-state index in [1.807, 2.05) is 23.1 Å². The number of carbonyl (C=O) groups excluding carboxylic acids is 2. The molecule has 0 aromatic heterocycles. The fraction of sp³-hybridized carbons (Fsp3) is 0.364. The van der Waals surface area contributed by atoms with Crippen molar-refractivity contribution in [3.63, 3.8) is 0 Å². The van der Waals surface area contributed by atoms with Crippen molar-refractivity contribution in [3.8, 4) is 11.5 Å². The highest BCUT2D eigenvalue weighted by atomic mass is 16.5. The van der Waals surface area contributed by atoms with Gasteiger partial charge in [-0.05, 0) is 61.2 Å². The van der Waals surface area contributed by atoms with Crippen molar-refractivity contribution in [1.29, 1.82) is 0 Å². The number of nitrogens with zero attached hydrogens (tertiary/aromatic N) is 1. The smallest absolute Gasteiger partial charge is 0.253 e. The summed E-state index contributed by atoms with van der Waals surface area (Å²) in [6.07, 6.45) is 2.93. The largest absolute Gasteiger partial charge is 0.497 e. The average molecular weight is 382 g/mol. The molecule has 0 spiro atoms. The number of likely N-dealkylation sites (tertiary alicyclic amines) is 1. The van der Waals surface area contributed by atoms with E-state index in [2.05, 4.69) is 5.32 Å². The molecular weight excluding hydrogens is 356 g/mol. The van der Waals surface area contributed by atoms with E-state index in [1.165, 1.54) is 0 Å². The molecule has 1 saturated heterocycles. The SMILES string of the molecule is COc1ccc(OC)c(CCC(=O)Nc2cccc(C(=O)N3CCCC3)c2)c1. The zero-order valence-electron chi connectivity index (χ0n) is 16.4. The van der Waals surface area contributed by atoms with Crippen LogP contribution in [0.2, 0.25) is 0 Å². The summed E-state index contributed by atoms with van der Waals surface area (Å²) in [5.41, 5.74) is 2.15. The van der Waals surface area contributed by atoms with E-state index in [9.17, 15) is 9.59 Å². The minimum atomic E-state index is -0.115. The van der Waals surface area contributed by atoms with Crippen molar-refractivity contribution in [2.75, 3.05) is 32.6 Å². The molecule has 1 aliphatic rings. The fourth-order valence-electron chi connectivity index (χ4n) is 3.38. The summed E-state index contributed by atoms with van der Waals surface area (Å²) in [6.45, 7) is 1.61. The van der Waals surface area contributed by atoms with Crippen LogP contribution < -0.4 is 14.8 Å². The normalized spacial score (nSPS) is 13.3. The number of ether oxygens (including phenoxy) is 2. The van der Waals surface area contributed by atoms with Gasteiger partial charge >= 0.3 is 0 Å². The third-order valence-electron chi connectivity index (χ3n) is 4.90. The monoisotopic (exact) mass is 382 g/mol. The minimum Gasteiger partial charge on any atom is -0.497 e. The molecule has 1 aliphatic heterocycles. The van der Waals surface area contributed by atoms with Crippen LogP contribution >= 0.6 is 0 Å². The van der Waals surface area contributed by atoms with Crippen molar-refractivity contribution in [1.82, 2.24) is 4.90 Å². The molecule has 2 aromatic carbocycles. The second-order valence-corrected chi connectivity index (χ2v) is 6.81. The maximum absolute atomic E-state index is 12.5. The molecule has 1 N–H and O–H groups in total. The summed E-state index contributed by atoms with van der Waals surface area (Å²) in [6, 6.07) is 12.7. The Morgan fingerprint density at radius 2 is 1.82 bits per heavy atom. The number of aryl methyl sites for hydroxylation is 1. The summed E-state index contributed by atoms with van der Waals surface area (Å²) in [5.74, 6) is 1.36. The highest BCUT2D eigenvalue weighted by Crippen LogP contribution is 2.25. The van der Waals surface area contributed by atoms with Crippen LogP contribution in [0.25, 0.3) is 0 Å². The lowest BCUT2D eigenvalue weighted by atomic mass is 10.1. The van der Waals surface area contributed by atoms with Crippen LogP contribution in [0, 0.1) is 0 Å². The molecular formula is C22H26N2O4. The van der Waals surface area contributed by atoms with Gasteiger partial charge in [0.05, 0.1) is 14.2 Å². The van der Waals surface area contributed by atoms with Crippen LogP contribution in [0.3, 0.4) is 0 Å². The van der Waals surface area contributed by atoms with E-state index in [-0.39, 0.29) is 11.8 Å². The molecule has 28 heavy (non-hydrogen) atoms. The van der Waals surface area contributed by atoms with E-state index >= 15 is 0 Å². The van der Waals surface area contributed by atoms with Gasteiger partial charge in [-0.3, -0.25) is 9.59 Å². The van der Waals surface area contributed by atoms with Gasteiger partial charge in [0.1, 0.15) is 11.5 Å². The molecule has 148 valence electrons. The van der Waals surface area contributed by atoms with Crippen molar-refractivity contribution < 1.29 is 19.1 Å². The Balaban J connectivity index is 1.61. The first kappa shape index (κ1) is 19.7. The maximum atomic E-state index is 12.5. The van der Waals surface area contributed by atoms with Crippen LogP contribution in [0.15, 0.2) is 42.5 Å². The number of amides is 2. The van der Waals surface area contributed by atoms with Crippen LogP contribution in [0.1, 0.15) is 35.2 Å². The lowest BCUT2D eigenvalue weighted by Crippen LogP contribution is -2.27. The van der Waals surface area contributed by atoms with Crippen LogP contribution in [0.5, 0.6) is 11.5 Å². The van der Waals surface area contributed by atoms with Gasteiger partial charge in [0.25, 0.3) is 5.91 Å². The van der Waals surface area contributed by atoms with Crippen LogP contribution in [-0.4, -0.2) is 44.0 Å². The van der Waals surface area contributed by atoms with Crippen LogP contribution in [-0.2, 0) is 11.2 Å². The number of anilines is 1. The standard InChI is InChI=1S/C22H26N2O4/c1-27-19-9-10-20(28-2)16(15-19)8-11-21(25)23-18-7-5-6-17(14-18)22(26)24-12-3-4-13-24/h5-7,9-10,14-15H,3-4,8,11-13H2,1-2H3,(H,23,25). The van der Waals surface area contributed by atoms with Gasteiger partial charge in [0, 0.05) is 30.8 Å². The molecule has 1 fully saturated rings. The first-order chi connectivity index (χ1) is 13.6. The molecule has 0 atom stereocenters. The van der Waals surface area contributed by atoms with Gasteiger partial charge in [-0.15, -0.1) is 0 Å². The lowest BCUT2D eigenvalue weighted by Gasteiger charge is -2.16. The maximum Gasteiger partial charge on any atom is 0.253 e. The van der Waals surface area contributed by atoms with E-state index in [0.29, 0.717) is 24.1 Å². The quantitative estimate of drug-likeness (QED) is 0.796. The number of hydrogen-bond acceptors (Lipinski definition) is 4. The summed E-state index contributed by atoms with van der Waals surface area (Å²) < 4.78 is 10.6. The first-order valence-electron chi connectivity index (χ1n) is 9.51. The van der Waals surface area contributed by atoms with Crippen molar-refractivity contribution in [2.24, 2.45) is 0 Å². The second kappa shape index (κ2) is 9.26. The van der Waals surface area contributed by atoms with Crippen LogP contribution in [0.4, 0.5) is 5.69 Å². The highest BCUT2D eigenvalue weighted by molar-refractivity contribution is 5.97. The fourth-order valence-corrected chi connectivity index (χ4v) is 3.38. The Labute approximate surface area is 165 Å². The van der Waals surface area contributed by atoms with Crippen molar-refractivity contribution >= 4 is 17.5 Å². The Morgan fingerprint density at radius 1 is 1.04 bits per heavy atom. The van der Waals surface area contributed by atoms with Gasteiger partial charge < -0.3 is 19.7 Å². The Hall–Kier alpha value is -3.02. The van der Waals surface area contributed by atoms with Gasteiger partial charge in [-0.1, -0.05) is 6.07 Å². The van der Waals surface area contributed by atoms with E-state index < -0.39 is 0 Å². The van der Waals surface area contributed by atoms with E-state index in [0.717, 1.165) is 43.0 Å². The van der Waals surface area contributed by atoms with Crippen molar-refractivity contribution in [2.45, 2.75) is 25.7 Å². The number of nitrogens with one attached hydrogen (secondary N) is 1. The molecule has 6 nitrogen and oxygen atoms in total. The molecule has 3 rings (SSSR count). The predicted octanol–water partition coefficient (Wildman–Crippen LogP) is 3.51. The molecule has 0 bridgehead atoms. The second-order valence-electron chi connectivity index (χ2n) is 6.81. The van der Waals surface area contributed by atoms with Gasteiger partial charge in [0.2, 0.25) is 5.91 Å². The number of rotatable bonds is 7. The van der Waals surface area contributed by atoms with Crippen molar-refractivity contribution in [3.05, 3.63) is 53.6 Å². The van der Waals surface area contributed by atoms with Gasteiger partial charge in [0.15, 0.2) is 0 Å². The third-order valence-corrected chi connectivity index (χ3v) is 4.90. The first-order valence-corrected chi connectivity index (χ1v) is 9.51. The molecule has 2 amide bonds. The molecule has 6 heteroatoms. The summed E-state index contributed by atoms with van der Waals surface area (Å²) >= 11 is 0. The van der Waals surface area contributed by atoms with Gasteiger partial charge in [-0.25, -0.2) is 0 Å². The number of methoxy groups -OCH3 is 2.